The number of hydrogen-bond donors (Lipinski definition) is 1. The van der Waals surface area contributed by atoms with Crippen LogP contribution in [0.25, 0.3) is 0 Å². The average molecular weight is 234 g/mol. The number of benzene rings is 1. The van der Waals surface area contributed by atoms with Gasteiger partial charge in [0.2, 0.25) is 0 Å². The molecule has 0 unspecified atom stereocenters. The number of hydrogen-bond acceptors (Lipinski definition) is 1. The van der Waals surface area contributed by atoms with Crippen molar-refractivity contribution in [2.45, 2.75) is 12.5 Å². The molecule has 0 bridgehead atoms. The smallest absolute Gasteiger partial charge is 0.142 e. The highest BCUT2D eigenvalue weighted by molar-refractivity contribution is 6.35. The van der Waals surface area contributed by atoms with Gasteiger partial charge in [-0.3, -0.25) is 0 Å². The van der Waals surface area contributed by atoms with Crippen molar-refractivity contribution in [3.63, 3.8) is 0 Å². The first kappa shape index (κ1) is 11.5. The standard InChI is InChI=1S/C10H10Cl2FN/c1-3-10(2,14)6-4-9(13)8(12)5-7(6)11/h3-5H,1,14H2,2H3/t10-/m1/s1. The Labute approximate surface area is 92.3 Å². The van der Waals surface area contributed by atoms with Gasteiger partial charge in [0, 0.05) is 5.02 Å². The second kappa shape index (κ2) is 3.89. The summed E-state index contributed by atoms with van der Waals surface area (Å²) in [6.07, 6.45) is 1.50. The maximum atomic E-state index is 13.1. The fourth-order valence-corrected chi connectivity index (χ4v) is 1.63. The van der Waals surface area contributed by atoms with Gasteiger partial charge in [-0.25, -0.2) is 4.39 Å². The second-order valence-corrected chi connectivity index (χ2v) is 4.05. The minimum absolute atomic E-state index is 0.0152. The predicted molar refractivity (Wildman–Crippen MR) is 58.2 cm³/mol. The van der Waals surface area contributed by atoms with E-state index in [-0.39, 0.29) is 5.02 Å². The molecule has 0 heterocycles. The SMILES string of the molecule is C=C[C@@](C)(N)c1cc(F)c(Cl)cc1Cl. The Morgan fingerprint density at radius 1 is 1.43 bits per heavy atom. The van der Waals surface area contributed by atoms with Crippen molar-refractivity contribution in [2.75, 3.05) is 0 Å². The van der Waals surface area contributed by atoms with Crippen LogP contribution < -0.4 is 5.73 Å². The molecule has 0 amide bonds. The second-order valence-electron chi connectivity index (χ2n) is 3.23. The van der Waals surface area contributed by atoms with E-state index in [2.05, 4.69) is 6.58 Å². The van der Waals surface area contributed by atoms with Gasteiger partial charge in [-0.15, -0.1) is 6.58 Å². The average Bonchev–Trinajstić information content (AvgIpc) is 2.11. The summed E-state index contributed by atoms with van der Waals surface area (Å²) in [4.78, 5) is 0. The van der Waals surface area contributed by atoms with Gasteiger partial charge in [0.25, 0.3) is 0 Å². The van der Waals surface area contributed by atoms with Crippen molar-refractivity contribution in [3.05, 3.63) is 46.2 Å². The van der Waals surface area contributed by atoms with Crippen molar-refractivity contribution >= 4 is 23.2 Å². The molecule has 1 aromatic carbocycles. The molecule has 0 spiro atoms. The summed E-state index contributed by atoms with van der Waals surface area (Å²) in [7, 11) is 0. The van der Waals surface area contributed by atoms with E-state index in [1.54, 1.807) is 6.92 Å². The van der Waals surface area contributed by atoms with Crippen LogP contribution in [0.3, 0.4) is 0 Å². The molecule has 0 saturated heterocycles. The van der Waals surface area contributed by atoms with Gasteiger partial charge < -0.3 is 5.73 Å². The summed E-state index contributed by atoms with van der Waals surface area (Å²) >= 11 is 11.4. The fraction of sp³-hybridized carbons (Fsp3) is 0.200. The number of nitrogens with two attached hydrogens (primary N) is 1. The monoisotopic (exact) mass is 233 g/mol. The molecular weight excluding hydrogens is 224 g/mol. The van der Waals surface area contributed by atoms with Crippen LogP contribution in [0.15, 0.2) is 24.8 Å². The van der Waals surface area contributed by atoms with E-state index >= 15 is 0 Å². The lowest BCUT2D eigenvalue weighted by Crippen LogP contribution is -2.30. The maximum absolute atomic E-state index is 13.1. The Kier molecular flexibility index (Phi) is 3.20. The van der Waals surface area contributed by atoms with Crippen LogP contribution in [0, 0.1) is 5.82 Å². The highest BCUT2D eigenvalue weighted by atomic mass is 35.5. The van der Waals surface area contributed by atoms with E-state index in [9.17, 15) is 4.39 Å². The zero-order valence-electron chi connectivity index (χ0n) is 7.65. The predicted octanol–water partition coefficient (Wildman–Crippen LogP) is 3.49. The molecule has 0 aliphatic heterocycles. The van der Waals surface area contributed by atoms with E-state index in [1.807, 2.05) is 0 Å². The first-order valence-electron chi connectivity index (χ1n) is 3.96. The third-order valence-electron chi connectivity index (χ3n) is 2.01. The van der Waals surface area contributed by atoms with Crippen molar-refractivity contribution in [1.82, 2.24) is 0 Å². The van der Waals surface area contributed by atoms with E-state index in [0.717, 1.165) is 0 Å². The summed E-state index contributed by atoms with van der Waals surface area (Å²) in [5, 5.41) is 0.319. The summed E-state index contributed by atoms with van der Waals surface area (Å²) < 4.78 is 13.1. The van der Waals surface area contributed by atoms with Crippen LogP contribution in [0.2, 0.25) is 10.0 Å². The molecule has 4 heteroatoms. The summed E-state index contributed by atoms with van der Waals surface area (Å²) in [6, 6.07) is 2.56. The van der Waals surface area contributed by atoms with Crippen molar-refractivity contribution in [1.29, 1.82) is 0 Å². The zero-order valence-corrected chi connectivity index (χ0v) is 9.16. The van der Waals surface area contributed by atoms with Gasteiger partial charge >= 0.3 is 0 Å². The van der Waals surface area contributed by atoms with E-state index in [4.69, 9.17) is 28.9 Å². The lowest BCUT2D eigenvalue weighted by Gasteiger charge is -2.22. The highest BCUT2D eigenvalue weighted by Gasteiger charge is 2.21. The van der Waals surface area contributed by atoms with Crippen LogP contribution in [0.1, 0.15) is 12.5 Å². The van der Waals surface area contributed by atoms with E-state index in [0.29, 0.717) is 10.6 Å². The van der Waals surface area contributed by atoms with Crippen LogP contribution in [-0.4, -0.2) is 0 Å². The maximum Gasteiger partial charge on any atom is 0.142 e. The molecule has 1 aromatic rings. The molecule has 0 aromatic heterocycles. The van der Waals surface area contributed by atoms with Crippen LogP contribution >= 0.6 is 23.2 Å². The zero-order chi connectivity index (χ0) is 10.9. The molecule has 0 saturated carbocycles. The topological polar surface area (TPSA) is 26.0 Å². The van der Waals surface area contributed by atoms with Crippen LogP contribution in [0.5, 0.6) is 0 Å². The Morgan fingerprint density at radius 3 is 2.50 bits per heavy atom. The molecule has 2 N–H and O–H groups in total. The molecular formula is C10H10Cl2FN. The number of rotatable bonds is 2. The largest absolute Gasteiger partial charge is 0.318 e. The first-order valence-corrected chi connectivity index (χ1v) is 4.71. The summed E-state index contributed by atoms with van der Waals surface area (Å²) in [5.74, 6) is -0.537. The Morgan fingerprint density at radius 2 is 2.00 bits per heavy atom. The van der Waals surface area contributed by atoms with Crippen molar-refractivity contribution in [3.8, 4) is 0 Å². The van der Waals surface area contributed by atoms with Crippen LogP contribution in [-0.2, 0) is 5.54 Å². The molecule has 1 nitrogen and oxygen atoms in total. The molecule has 14 heavy (non-hydrogen) atoms. The van der Waals surface area contributed by atoms with Crippen LogP contribution in [0.4, 0.5) is 4.39 Å². The quantitative estimate of drug-likeness (QED) is 0.615. The normalized spacial score (nSPS) is 14.9. The third kappa shape index (κ3) is 2.08. The summed E-state index contributed by atoms with van der Waals surface area (Å²) in [5.41, 5.74) is 5.45. The molecule has 76 valence electrons. The number of halogens is 3. The van der Waals surface area contributed by atoms with Crippen molar-refractivity contribution < 1.29 is 4.39 Å². The fourth-order valence-electron chi connectivity index (χ4n) is 1.05. The lowest BCUT2D eigenvalue weighted by molar-refractivity contribution is 0.597. The Hall–Kier alpha value is -0.570. The molecule has 0 fully saturated rings. The van der Waals surface area contributed by atoms with Gasteiger partial charge in [-0.2, -0.15) is 0 Å². The Balaban J connectivity index is 3.36. The van der Waals surface area contributed by atoms with E-state index in [1.165, 1.54) is 18.2 Å². The molecule has 1 rings (SSSR count). The van der Waals surface area contributed by atoms with Gasteiger partial charge in [-0.05, 0) is 24.6 Å². The lowest BCUT2D eigenvalue weighted by atomic mass is 9.93. The van der Waals surface area contributed by atoms with Gasteiger partial charge in [0.05, 0.1) is 10.6 Å². The first-order chi connectivity index (χ1) is 6.38. The Bertz CT molecular complexity index is 375. The molecule has 0 aliphatic carbocycles. The molecule has 0 radical (unpaired) electrons. The highest BCUT2D eigenvalue weighted by Crippen LogP contribution is 2.31. The third-order valence-corrected chi connectivity index (χ3v) is 2.62. The summed E-state index contributed by atoms with van der Waals surface area (Å²) in [6.45, 7) is 5.25. The van der Waals surface area contributed by atoms with E-state index < -0.39 is 11.4 Å². The van der Waals surface area contributed by atoms with Gasteiger partial charge in [0.1, 0.15) is 5.82 Å². The minimum Gasteiger partial charge on any atom is -0.318 e. The van der Waals surface area contributed by atoms with Gasteiger partial charge in [-0.1, -0.05) is 29.3 Å². The van der Waals surface area contributed by atoms with Gasteiger partial charge in [0.15, 0.2) is 0 Å². The molecule has 1 atom stereocenters. The van der Waals surface area contributed by atoms with Crippen molar-refractivity contribution in [2.24, 2.45) is 5.73 Å². The minimum atomic E-state index is -0.859. The molecule has 0 aliphatic rings.